The maximum absolute atomic E-state index is 13.2. The highest BCUT2D eigenvalue weighted by molar-refractivity contribution is 5.70. The number of aliphatic carboxylic acids is 1. The SMILES string of the molecule is CC(c1cccc(F)c1)N1CCCC(C(=O)O)C1. The van der Waals surface area contributed by atoms with Gasteiger partial charge >= 0.3 is 5.97 Å². The van der Waals surface area contributed by atoms with Crippen LogP contribution < -0.4 is 0 Å². The van der Waals surface area contributed by atoms with Crippen LogP contribution in [0.15, 0.2) is 24.3 Å². The predicted octanol–water partition coefficient (Wildman–Crippen LogP) is 2.68. The maximum atomic E-state index is 13.2. The van der Waals surface area contributed by atoms with Crippen LogP contribution in [0.4, 0.5) is 4.39 Å². The summed E-state index contributed by atoms with van der Waals surface area (Å²) in [5.41, 5.74) is 0.904. The first-order chi connectivity index (χ1) is 8.58. The van der Waals surface area contributed by atoms with Crippen molar-refractivity contribution in [3.05, 3.63) is 35.6 Å². The molecule has 1 aromatic carbocycles. The van der Waals surface area contributed by atoms with Gasteiger partial charge in [-0.2, -0.15) is 0 Å². The summed E-state index contributed by atoms with van der Waals surface area (Å²) in [5, 5.41) is 9.07. The number of carboxylic acid groups (broad SMARTS) is 1. The Labute approximate surface area is 106 Å². The Morgan fingerprint density at radius 2 is 2.33 bits per heavy atom. The number of carboxylic acids is 1. The monoisotopic (exact) mass is 251 g/mol. The maximum Gasteiger partial charge on any atom is 0.307 e. The van der Waals surface area contributed by atoms with Gasteiger partial charge in [0.05, 0.1) is 5.92 Å². The van der Waals surface area contributed by atoms with E-state index in [0.29, 0.717) is 6.54 Å². The summed E-state index contributed by atoms with van der Waals surface area (Å²) in [6.45, 7) is 3.42. The van der Waals surface area contributed by atoms with Gasteiger partial charge in [-0.15, -0.1) is 0 Å². The predicted molar refractivity (Wildman–Crippen MR) is 66.7 cm³/mol. The molecule has 0 radical (unpaired) electrons. The number of piperidine rings is 1. The lowest BCUT2D eigenvalue weighted by molar-refractivity contribution is -0.143. The number of rotatable bonds is 3. The first-order valence-corrected chi connectivity index (χ1v) is 6.30. The van der Waals surface area contributed by atoms with Gasteiger partial charge in [-0.3, -0.25) is 9.69 Å². The van der Waals surface area contributed by atoms with E-state index in [4.69, 9.17) is 5.11 Å². The first kappa shape index (κ1) is 13.0. The third-order valence-corrected chi connectivity index (χ3v) is 3.68. The van der Waals surface area contributed by atoms with Crippen LogP contribution in [0, 0.1) is 11.7 Å². The highest BCUT2D eigenvalue weighted by atomic mass is 19.1. The molecule has 1 N–H and O–H groups in total. The van der Waals surface area contributed by atoms with E-state index < -0.39 is 5.97 Å². The van der Waals surface area contributed by atoms with Crippen LogP contribution in [0.2, 0.25) is 0 Å². The molecule has 0 spiro atoms. The Bertz CT molecular complexity index is 436. The van der Waals surface area contributed by atoms with E-state index in [9.17, 15) is 9.18 Å². The summed E-state index contributed by atoms with van der Waals surface area (Å²) in [6, 6.07) is 6.59. The van der Waals surface area contributed by atoms with Gasteiger partial charge in [0.15, 0.2) is 0 Å². The molecular weight excluding hydrogens is 233 g/mol. The second-order valence-corrected chi connectivity index (χ2v) is 4.90. The molecule has 1 fully saturated rings. The zero-order valence-corrected chi connectivity index (χ0v) is 10.5. The lowest BCUT2D eigenvalue weighted by atomic mass is 9.95. The second kappa shape index (κ2) is 5.48. The Balaban J connectivity index is 2.09. The van der Waals surface area contributed by atoms with Gasteiger partial charge in [-0.1, -0.05) is 12.1 Å². The molecule has 1 aliphatic rings. The summed E-state index contributed by atoms with van der Waals surface area (Å²) < 4.78 is 13.2. The van der Waals surface area contributed by atoms with Gasteiger partial charge < -0.3 is 5.11 Å². The Kier molecular flexibility index (Phi) is 3.97. The number of halogens is 1. The van der Waals surface area contributed by atoms with E-state index in [1.807, 2.05) is 13.0 Å². The molecule has 2 unspecified atom stereocenters. The highest BCUT2D eigenvalue weighted by Gasteiger charge is 2.28. The number of hydrogen-bond donors (Lipinski definition) is 1. The van der Waals surface area contributed by atoms with Gasteiger partial charge in [-0.05, 0) is 44.0 Å². The molecule has 1 heterocycles. The normalized spacial score (nSPS) is 22.7. The van der Waals surface area contributed by atoms with E-state index in [1.165, 1.54) is 12.1 Å². The first-order valence-electron chi connectivity index (χ1n) is 6.30. The molecule has 4 heteroatoms. The van der Waals surface area contributed by atoms with Crippen LogP contribution in [-0.4, -0.2) is 29.1 Å². The van der Waals surface area contributed by atoms with Crippen molar-refractivity contribution in [1.82, 2.24) is 4.90 Å². The molecule has 1 aromatic rings. The molecule has 1 saturated heterocycles. The minimum absolute atomic E-state index is 0.0582. The lowest BCUT2D eigenvalue weighted by Crippen LogP contribution is -2.40. The van der Waals surface area contributed by atoms with Gasteiger partial charge in [0.2, 0.25) is 0 Å². The van der Waals surface area contributed by atoms with Crippen molar-refractivity contribution < 1.29 is 14.3 Å². The van der Waals surface area contributed by atoms with Crippen LogP contribution in [0.25, 0.3) is 0 Å². The summed E-state index contributed by atoms with van der Waals surface area (Å²) >= 11 is 0. The fourth-order valence-electron chi connectivity index (χ4n) is 2.54. The highest BCUT2D eigenvalue weighted by Crippen LogP contribution is 2.26. The van der Waals surface area contributed by atoms with Gasteiger partial charge in [0.1, 0.15) is 5.82 Å². The fraction of sp³-hybridized carbons (Fsp3) is 0.500. The summed E-state index contributed by atoms with van der Waals surface area (Å²) in [4.78, 5) is 13.1. The molecule has 1 aliphatic heterocycles. The topological polar surface area (TPSA) is 40.5 Å². The molecule has 0 bridgehead atoms. The van der Waals surface area contributed by atoms with E-state index in [1.54, 1.807) is 6.07 Å². The fourth-order valence-corrected chi connectivity index (χ4v) is 2.54. The molecule has 18 heavy (non-hydrogen) atoms. The van der Waals surface area contributed by atoms with Crippen molar-refractivity contribution in [2.45, 2.75) is 25.8 Å². The summed E-state index contributed by atoms with van der Waals surface area (Å²) in [6.07, 6.45) is 1.62. The van der Waals surface area contributed by atoms with Crippen molar-refractivity contribution in [2.75, 3.05) is 13.1 Å². The average molecular weight is 251 g/mol. The van der Waals surface area contributed by atoms with Crippen LogP contribution in [-0.2, 0) is 4.79 Å². The number of likely N-dealkylation sites (tertiary alicyclic amines) is 1. The third kappa shape index (κ3) is 2.88. The van der Waals surface area contributed by atoms with Crippen molar-refractivity contribution in [1.29, 1.82) is 0 Å². The van der Waals surface area contributed by atoms with Crippen molar-refractivity contribution in [3.63, 3.8) is 0 Å². The number of benzene rings is 1. The molecular formula is C14H18FNO2. The lowest BCUT2D eigenvalue weighted by Gasteiger charge is -2.35. The molecule has 2 rings (SSSR count). The quantitative estimate of drug-likeness (QED) is 0.898. The Morgan fingerprint density at radius 1 is 1.56 bits per heavy atom. The number of carbonyl (C=O) groups is 1. The largest absolute Gasteiger partial charge is 0.481 e. The summed E-state index contributed by atoms with van der Waals surface area (Å²) in [5.74, 6) is -1.27. The second-order valence-electron chi connectivity index (χ2n) is 4.90. The molecule has 0 saturated carbocycles. The number of nitrogens with zero attached hydrogens (tertiary/aromatic N) is 1. The van der Waals surface area contributed by atoms with Crippen molar-refractivity contribution in [2.24, 2.45) is 5.92 Å². The van der Waals surface area contributed by atoms with E-state index in [0.717, 1.165) is 24.9 Å². The number of hydrogen-bond acceptors (Lipinski definition) is 2. The minimum atomic E-state index is -0.730. The minimum Gasteiger partial charge on any atom is -0.481 e. The molecule has 3 nitrogen and oxygen atoms in total. The van der Waals surface area contributed by atoms with E-state index in [-0.39, 0.29) is 17.8 Å². The Morgan fingerprint density at radius 3 is 3.00 bits per heavy atom. The standard InChI is InChI=1S/C14H18FNO2/c1-10(11-4-2-6-13(15)8-11)16-7-3-5-12(9-16)14(17)18/h2,4,6,8,10,12H,3,5,7,9H2,1H3,(H,17,18). The van der Waals surface area contributed by atoms with Crippen LogP contribution in [0.5, 0.6) is 0 Å². The molecule has 0 amide bonds. The van der Waals surface area contributed by atoms with E-state index in [2.05, 4.69) is 4.90 Å². The van der Waals surface area contributed by atoms with Crippen LogP contribution >= 0.6 is 0 Å². The molecule has 0 aromatic heterocycles. The molecule has 98 valence electrons. The smallest absolute Gasteiger partial charge is 0.307 e. The molecule has 2 atom stereocenters. The zero-order chi connectivity index (χ0) is 13.1. The third-order valence-electron chi connectivity index (χ3n) is 3.68. The van der Waals surface area contributed by atoms with Gasteiger partial charge in [0.25, 0.3) is 0 Å². The van der Waals surface area contributed by atoms with Gasteiger partial charge in [0, 0.05) is 12.6 Å². The van der Waals surface area contributed by atoms with Crippen molar-refractivity contribution in [3.8, 4) is 0 Å². The van der Waals surface area contributed by atoms with Crippen LogP contribution in [0.3, 0.4) is 0 Å². The Hall–Kier alpha value is -1.42. The van der Waals surface area contributed by atoms with Gasteiger partial charge in [-0.25, -0.2) is 4.39 Å². The van der Waals surface area contributed by atoms with E-state index >= 15 is 0 Å². The average Bonchev–Trinajstić information content (AvgIpc) is 2.38. The summed E-state index contributed by atoms with van der Waals surface area (Å²) in [7, 11) is 0. The van der Waals surface area contributed by atoms with Crippen molar-refractivity contribution >= 4 is 5.97 Å². The van der Waals surface area contributed by atoms with Crippen LogP contribution in [0.1, 0.15) is 31.4 Å². The zero-order valence-electron chi connectivity index (χ0n) is 10.5. The molecule has 0 aliphatic carbocycles.